The number of rotatable bonds is 2. The molecule has 2 nitrogen and oxygen atoms in total. The molecule has 0 saturated heterocycles. The van der Waals surface area contributed by atoms with Gasteiger partial charge < -0.3 is 11.5 Å². The zero-order valence-electron chi connectivity index (χ0n) is 16.3. The number of anilines is 2. The van der Waals surface area contributed by atoms with Crippen molar-refractivity contribution in [3.8, 4) is 11.1 Å². The van der Waals surface area contributed by atoms with E-state index in [0.29, 0.717) is 17.7 Å². The number of hydrogen-bond acceptors (Lipinski definition) is 2. The van der Waals surface area contributed by atoms with Gasteiger partial charge in [-0.15, -0.1) is 0 Å². The minimum absolute atomic E-state index is 0.0444. The Kier molecular flexibility index (Phi) is 7.20. The summed E-state index contributed by atoms with van der Waals surface area (Å²) >= 11 is 0. The molecule has 0 spiro atoms. The van der Waals surface area contributed by atoms with Crippen molar-refractivity contribution in [3.63, 3.8) is 0 Å². The van der Waals surface area contributed by atoms with E-state index in [-0.39, 0.29) is 16.8 Å². The molecular formula is C22H19F7N2. The highest BCUT2D eigenvalue weighted by molar-refractivity contribution is 5.77. The second kappa shape index (κ2) is 9.28. The average Bonchev–Trinajstić information content (AvgIpc) is 2.68. The van der Waals surface area contributed by atoms with Gasteiger partial charge in [-0.05, 0) is 54.4 Å². The number of halogens is 7. The highest BCUT2D eigenvalue weighted by Gasteiger charge is 2.31. The Bertz CT molecular complexity index is 1040. The van der Waals surface area contributed by atoms with E-state index < -0.39 is 29.3 Å². The van der Waals surface area contributed by atoms with Gasteiger partial charge in [-0.3, -0.25) is 0 Å². The van der Waals surface area contributed by atoms with E-state index >= 15 is 0 Å². The number of benzene rings is 3. The van der Waals surface area contributed by atoms with E-state index in [2.05, 4.69) is 0 Å². The summed E-state index contributed by atoms with van der Waals surface area (Å²) in [5.74, 6) is -0.608. The fourth-order valence-electron chi connectivity index (χ4n) is 2.73. The fourth-order valence-corrected chi connectivity index (χ4v) is 2.73. The third kappa shape index (κ3) is 6.13. The predicted octanol–water partition coefficient (Wildman–Crippen LogP) is 6.94. The van der Waals surface area contributed by atoms with E-state index in [0.717, 1.165) is 30.3 Å². The summed E-state index contributed by atoms with van der Waals surface area (Å²) in [6.07, 6.45) is -8.25. The maximum absolute atomic E-state index is 13.5. The molecule has 3 rings (SSSR count). The standard InChI is InChI=1S/C13H9F4N.C9H10F3N/c14-11-4-2-1-3-9(11)10-7-8(13(15,16)17)5-6-12(10)18;1-2-6-5-7(9(10,11)12)3-4-8(6)13/h1-7H,18H2;3-5H,2,13H2,1H3. The molecule has 0 unspecified atom stereocenters. The molecule has 0 radical (unpaired) electrons. The highest BCUT2D eigenvalue weighted by Crippen LogP contribution is 2.36. The summed E-state index contributed by atoms with van der Waals surface area (Å²) in [5.41, 5.74) is 10.7. The van der Waals surface area contributed by atoms with Crippen LogP contribution in [-0.2, 0) is 18.8 Å². The van der Waals surface area contributed by atoms with Gasteiger partial charge in [0.15, 0.2) is 0 Å². The van der Waals surface area contributed by atoms with Gasteiger partial charge in [0.2, 0.25) is 0 Å². The van der Waals surface area contributed by atoms with Crippen molar-refractivity contribution in [2.24, 2.45) is 0 Å². The first-order valence-electron chi connectivity index (χ1n) is 9.01. The average molecular weight is 444 g/mol. The molecule has 0 atom stereocenters. The molecule has 3 aromatic carbocycles. The van der Waals surface area contributed by atoms with Crippen molar-refractivity contribution in [1.29, 1.82) is 0 Å². The Balaban J connectivity index is 0.000000233. The van der Waals surface area contributed by atoms with Crippen LogP contribution in [0.1, 0.15) is 23.6 Å². The predicted molar refractivity (Wildman–Crippen MR) is 106 cm³/mol. The third-order valence-electron chi connectivity index (χ3n) is 4.40. The molecule has 0 fully saturated rings. The third-order valence-corrected chi connectivity index (χ3v) is 4.40. The summed E-state index contributed by atoms with van der Waals surface area (Å²) in [6.45, 7) is 1.77. The summed E-state index contributed by atoms with van der Waals surface area (Å²) in [4.78, 5) is 0. The van der Waals surface area contributed by atoms with E-state index in [4.69, 9.17) is 11.5 Å². The van der Waals surface area contributed by atoms with Gasteiger partial charge in [0.05, 0.1) is 11.1 Å². The Labute approximate surface area is 174 Å². The van der Waals surface area contributed by atoms with E-state index in [1.807, 2.05) is 0 Å². The van der Waals surface area contributed by atoms with Crippen LogP contribution in [0.15, 0.2) is 60.7 Å². The highest BCUT2D eigenvalue weighted by atomic mass is 19.4. The first-order chi connectivity index (χ1) is 14.3. The Morgan fingerprint density at radius 1 is 0.677 bits per heavy atom. The molecule has 0 aliphatic rings. The zero-order chi connectivity index (χ0) is 23.4. The number of alkyl halides is 6. The van der Waals surface area contributed by atoms with Gasteiger partial charge in [0.1, 0.15) is 5.82 Å². The van der Waals surface area contributed by atoms with Gasteiger partial charge in [0.25, 0.3) is 0 Å². The lowest BCUT2D eigenvalue weighted by molar-refractivity contribution is -0.138. The first kappa shape index (κ1) is 24.0. The normalized spacial score (nSPS) is 11.6. The van der Waals surface area contributed by atoms with E-state index in [1.165, 1.54) is 30.3 Å². The van der Waals surface area contributed by atoms with Crippen LogP contribution in [-0.4, -0.2) is 0 Å². The number of aryl methyl sites for hydroxylation is 1. The smallest absolute Gasteiger partial charge is 0.399 e. The molecule has 9 heteroatoms. The molecule has 3 aromatic rings. The van der Waals surface area contributed by atoms with Crippen LogP contribution in [0.25, 0.3) is 11.1 Å². The van der Waals surface area contributed by atoms with Crippen LogP contribution in [0.5, 0.6) is 0 Å². The molecule has 0 heterocycles. The molecule has 0 aliphatic heterocycles. The van der Waals surface area contributed by atoms with Crippen molar-refractivity contribution >= 4 is 11.4 Å². The van der Waals surface area contributed by atoms with Crippen LogP contribution in [0.2, 0.25) is 0 Å². The van der Waals surface area contributed by atoms with Crippen molar-refractivity contribution < 1.29 is 30.7 Å². The first-order valence-corrected chi connectivity index (χ1v) is 9.01. The van der Waals surface area contributed by atoms with Gasteiger partial charge in [-0.1, -0.05) is 25.1 Å². The summed E-state index contributed by atoms with van der Waals surface area (Å²) in [6, 6.07) is 11.8. The molecule has 0 amide bonds. The Morgan fingerprint density at radius 3 is 1.71 bits per heavy atom. The van der Waals surface area contributed by atoms with Gasteiger partial charge in [-0.2, -0.15) is 26.3 Å². The van der Waals surface area contributed by atoms with E-state index in [9.17, 15) is 30.7 Å². The molecular weight excluding hydrogens is 425 g/mol. The van der Waals surface area contributed by atoms with Crippen LogP contribution in [0, 0.1) is 5.82 Å². The van der Waals surface area contributed by atoms with Crippen molar-refractivity contribution in [2.75, 3.05) is 11.5 Å². The summed E-state index contributed by atoms with van der Waals surface area (Å²) in [7, 11) is 0. The molecule has 0 aliphatic carbocycles. The summed E-state index contributed by atoms with van der Waals surface area (Å²) in [5, 5.41) is 0. The lowest BCUT2D eigenvalue weighted by Gasteiger charge is -2.11. The van der Waals surface area contributed by atoms with Crippen LogP contribution >= 0.6 is 0 Å². The largest absolute Gasteiger partial charge is 0.416 e. The lowest BCUT2D eigenvalue weighted by Crippen LogP contribution is -2.06. The molecule has 0 aromatic heterocycles. The van der Waals surface area contributed by atoms with Gasteiger partial charge in [-0.25, -0.2) is 4.39 Å². The summed E-state index contributed by atoms with van der Waals surface area (Å²) < 4.78 is 87.9. The molecule has 4 N–H and O–H groups in total. The second-order valence-electron chi connectivity index (χ2n) is 6.54. The SMILES string of the molecule is CCc1cc(C(F)(F)F)ccc1N.Nc1ccc(C(F)(F)F)cc1-c1ccccc1F. The minimum Gasteiger partial charge on any atom is -0.399 e. The zero-order valence-corrected chi connectivity index (χ0v) is 16.3. The Morgan fingerprint density at radius 2 is 1.19 bits per heavy atom. The van der Waals surface area contributed by atoms with Crippen LogP contribution in [0.4, 0.5) is 42.1 Å². The topological polar surface area (TPSA) is 52.0 Å². The maximum Gasteiger partial charge on any atom is 0.416 e. The maximum atomic E-state index is 13.5. The van der Waals surface area contributed by atoms with E-state index in [1.54, 1.807) is 6.92 Å². The van der Waals surface area contributed by atoms with Crippen molar-refractivity contribution in [1.82, 2.24) is 0 Å². The van der Waals surface area contributed by atoms with Crippen molar-refractivity contribution in [2.45, 2.75) is 25.7 Å². The Hall–Kier alpha value is -3.23. The van der Waals surface area contributed by atoms with Crippen LogP contribution in [0.3, 0.4) is 0 Å². The minimum atomic E-state index is -4.48. The number of nitrogen functional groups attached to an aromatic ring is 2. The quantitative estimate of drug-likeness (QED) is 0.332. The molecule has 166 valence electrons. The number of nitrogens with two attached hydrogens (primary N) is 2. The second-order valence-corrected chi connectivity index (χ2v) is 6.54. The fraction of sp³-hybridized carbons (Fsp3) is 0.182. The van der Waals surface area contributed by atoms with Crippen molar-refractivity contribution in [3.05, 3.63) is 83.2 Å². The molecule has 0 bridgehead atoms. The monoisotopic (exact) mass is 444 g/mol. The van der Waals surface area contributed by atoms with Gasteiger partial charge >= 0.3 is 12.4 Å². The number of hydrogen-bond donors (Lipinski definition) is 2. The van der Waals surface area contributed by atoms with Gasteiger partial charge in [0, 0.05) is 22.5 Å². The lowest BCUT2D eigenvalue weighted by atomic mass is 10.0. The van der Waals surface area contributed by atoms with Crippen LogP contribution < -0.4 is 11.5 Å². The molecule has 31 heavy (non-hydrogen) atoms. The molecule has 0 saturated carbocycles.